The van der Waals surface area contributed by atoms with Crippen LogP contribution in [0.25, 0.3) is 21.9 Å². The Morgan fingerprint density at radius 1 is 1.07 bits per heavy atom. The number of nitrogens with two attached hydrogens (primary N) is 1. The number of carbonyl (C=O) groups is 2. The summed E-state index contributed by atoms with van der Waals surface area (Å²) < 4.78 is 18.5. The van der Waals surface area contributed by atoms with Gasteiger partial charge >= 0.3 is 5.97 Å². The van der Waals surface area contributed by atoms with E-state index in [1.165, 1.54) is 0 Å². The molecule has 0 saturated heterocycles. The fourth-order valence-corrected chi connectivity index (χ4v) is 5.12. The van der Waals surface area contributed by atoms with Crippen LogP contribution in [-0.2, 0) is 38.6 Å². The summed E-state index contributed by atoms with van der Waals surface area (Å²) in [5.41, 5.74) is 9.08. The lowest BCUT2D eigenvalue weighted by Gasteiger charge is -2.23. The lowest BCUT2D eigenvalue weighted by molar-refractivity contribution is -0.157. The number of nitrogens with zero attached hydrogens (tertiary/aromatic N) is 4. The van der Waals surface area contributed by atoms with E-state index >= 15 is 0 Å². The third-order valence-corrected chi connectivity index (χ3v) is 7.02. The number of fused-ring (bicyclic) bond motifs is 3. The van der Waals surface area contributed by atoms with Crippen molar-refractivity contribution in [1.82, 2.24) is 19.4 Å². The Morgan fingerprint density at radius 3 is 2.60 bits per heavy atom. The summed E-state index contributed by atoms with van der Waals surface area (Å²) in [7, 11) is 1.67. The first kappa shape index (κ1) is 32.0. The highest BCUT2D eigenvalue weighted by Gasteiger charge is 2.19. The maximum absolute atomic E-state index is 12.8. The molecule has 0 unspecified atom stereocenters. The molecule has 0 aliphatic heterocycles. The first-order valence-corrected chi connectivity index (χ1v) is 14.9. The van der Waals surface area contributed by atoms with Gasteiger partial charge in [-0.1, -0.05) is 30.3 Å². The van der Waals surface area contributed by atoms with Gasteiger partial charge in [-0.05, 0) is 57.4 Å². The average molecular weight is 610 g/mol. The fraction of sp³-hybridized carbons (Fsp3) is 0.438. The summed E-state index contributed by atoms with van der Waals surface area (Å²) in [6.45, 7) is 7.35. The minimum absolute atomic E-state index is 0.111. The van der Waals surface area contributed by atoms with Gasteiger partial charge < -0.3 is 29.4 Å². The van der Waals surface area contributed by atoms with E-state index in [-0.39, 0.29) is 18.4 Å². The predicted octanol–water partition coefficient (Wildman–Crippen LogP) is 5.12. The van der Waals surface area contributed by atoms with Gasteiger partial charge in [0.2, 0.25) is 5.91 Å². The number of carbonyl (C=O) groups excluding carboxylic acids is 2. The smallest absolute Gasteiger partial charge is 0.344 e. The number of nitrogen functional groups attached to an aromatic ring is 1. The molecule has 0 bridgehead atoms. The molecule has 0 fully saturated rings. The van der Waals surface area contributed by atoms with Crippen molar-refractivity contribution in [1.29, 1.82) is 0 Å². The van der Waals surface area contributed by atoms with E-state index in [2.05, 4.69) is 9.55 Å². The minimum atomic E-state index is -0.584. The van der Waals surface area contributed by atoms with Crippen molar-refractivity contribution in [2.45, 2.75) is 58.7 Å². The monoisotopic (exact) mass is 609 g/mol. The number of hydrogen-bond donors (Lipinski definition) is 1. The summed E-state index contributed by atoms with van der Waals surface area (Å²) in [4.78, 5) is 35.9. The molecule has 1 amide bonds. The number of amides is 1. The highest BCUT2D eigenvalue weighted by atomic mass is 35.5. The number of unbranched alkanes of at least 4 members (excludes halogenated alkanes) is 1. The van der Waals surface area contributed by atoms with Crippen LogP contribution in [0.2, 0.25) is 0 Å². The van der Waals surface area contributed by atoms with Crippen molar-refractivity contribution in [3.05, 3.63) is 59.9 Å². The third-order valence-electron chi connectivity index (χ3n) is 6.79. The van der Waals surface area contributed by atoms with Gasteiger partial charge in [-0.15, -0.1) is 11.6 Å². The van der Waals surface area contributed by atoms with Gasteiger partial charge in [-0.25, -0.2) is 14.8 Å². The number of para-hydroxylation sites is 1. The van der Waals surface area contributed by atoms with E-state index in [9.17, 15) is 9.59 Å². The molecule has 0 saturated carbocycles. The van der Waals surface area contributed by atoms with Crippen LogP contribution in [-0.4, -0.2) is 69.7 Å². The second-order valence-corrected chi connectivity index (χ2v) is 11.6. The normalized spacial score (nSPS) is 11.7. The van der Waals surface area contributed by atoms with Crippen molar-refractivity contribution in [2.24, 2.45) is 0 Å². The van der Waals surface area contributed by atoms with Crippen molar-refractivity contribution in [3.8, 4) is 5.75 Å². The van der Waals surface area contributed by atoms with Crippen molar-refractivity contribution in [3.63, 3.8) is 0 Å². The number of aryl methyl sites for hydroxylation is 1. The molecule has 10 nitrogen and oxygen atoms in total. The largest absolute Gasteiger partial charge is 0.482 e. The maximum atomic E-state index is 12.8. The van der Waals surface area contributed by atoms with Gasteiger partial charge in [0.1, 0.15) is 28.6 Å². The van der Waals surface area contributed by atoms with Crippen LogP contribution < -0.4 is 10.5 Å². The number of imidazole rings is 1. The molecule has 0 aliphatic rings. The number of methoxy groups -OCH3 is 1. The molecular formula is C32H40ClN5O5. The standard InChI is InChI=1S/C32H40ClN5O5/c1-32(2,3)43-28(40)21-42-23-11-9-10-22(18-23)20-37(27(39)19-33)15-7-8-16-38-26(14-17-41-4)36-29-30(38)24-12-5-6-13-25(24)35-31(29)34/h5-6,9-13,18H,7-8,14-17,19-21H2,1-4H3,(H2,34,35). The van der Waals surface area contributed by atoms with Crippen LogP contribution in [0.1, 0.15) is 45.0 Å². The average Bonchev–Trinajstić information content (AvgIpc) is 3.34. The van der Waals surface area contributed by atoms with Gasteiger partial charge in [-0.2, -0.15) is 0 Å². The first-order valence-electron chi connectivity index (χ1n) is 14.4. The third kappa shape index (κ3) is 8.58. The Bertz CT molecular complexity index is 1570. The molecule has 4 aromatic rings. The molecule has 2 aromatic carbocycles. The van der Waals surface area contributed by atoms with E-state index in [4.69, 9.17) is 36.5 Å². The number of pyridine rings is 1. The lowest BCUT2D eigenvalue weighted by atomic mass is 10.1. The number of esters is 1. The molecule has 43 heavy (non-hydrogen) atoms. The van der Waals surface area contributed by atoms with Gasteiger partial charge in [0.15, 0.2) is 12.4 Å². The van der Waals surface area contributed by atoms with Crippen LogP contribution >= 0.6 is 11.6 Å². The van der Waals surface area contributed by atoms with Crippen molar-refractivity contribution in [2.75, 3.05) is 38.5 Å². The molecular weight excluding hydrogens is 570 g/mol. The molecule has 0 aliphatic carbocycles. The first-order chi connectivity index (χ1) is 20.6. The summed E-state index contributed by atoms with van der Waals surface area (Å²) >= 11 is 5.97. The number of benzene rings is 2. The van der Waals surface area contributed by atoms with Crippen LogP contribution in [0.15, 0.2) is 48.5 Å². The fourth-order valence-electron chi connectivity index (χ4n) is 4.95. The zero-order valence-electron chi connectivity index (χ0n) is 25.3. The molecule has 2 aromatic heterocycles. The molecule has 2 heterocycles. The second-order valence-electron chi connectivity index (χ2n) is 11.3. The molecule has 0 spiro atoms. The summed E-state index contributed by atoms with van der Waals surface area (Å²) in [6, 6.07) is 15.3. The maximum Gasteiger partial charge on any atom is 0.344 e. The summed E-state index contributed by atoms with van der Waals surface area (Å²) in [5, 5.41) is 0.996. The number of halogens is 1. The van der Waals surface area contributed by atoms with E-state index in [1.54, 1.807) is 38.8 Å². The van der Waals surface area contributed by atoms with Gasteiger partial charge in [-0.3, -0.25) is 4.79 Å². The molecule has 0 atom stereocenters. The second kappa shape index (κ2) is 14.5. The van der Waals surface area contributed by atoms with E-state index in [0.29, 0.717) is 49.7 Å². The van der Waals surface area contributed by atoms with Crippen LogP contribution in [0, 0.1) is 0 Å². The number of hydrogen-bond acceptors (Lipinski definition) is 8. The van der Waals surface area contributed by atoms with E-state index in [1.807, 2.05) is 42.5 Å². The SMILES string of the molecule is COCCc1nc2c(N)nc3ccccc3c2n1CCCCN(Cc1cccc(OCC(=O)OC(C)(C)C)c1)C(=O)CCl. The highest BCUT2D eigenvalue weighted by molar-refractivity contribution is 6.27. The number of rotatable bonds is 14. The number of alkyl halides is 1. The Balaban J connectivity index is 1.43. The van der Waals surface area contributed by atoms with Crippen LogP contribution in [0.5, 0.6) is 5.75 Å². The zero-order valence-corrected chi connectivity index (χ0v) is 26.0. The molecule has 4 rings (SSSR count). The Labute approximate surface area is 257 Å². The number of ether oxygens (including phenoxy) is 3. The quantitative estimate of drug-likeness (QED) is 0.119. The van der Waals surface area contributed by atoms with E-state index in [0.717, 1.165) is 40.6 Å². The van der Waals surface area contributed by atoms with Gasteiger partial charge in [0, 0.05) is 38.6 Å². The Hall–Kier alpha value is -3.89. The highest BCUT2D eigenvalue weighted by Crippen LogP contribution is 2.29. The van der Waals surface area contributed by atoms with Gasteiger partial charge in [0.05, 0.1) is 17.6 Å². The van der Waals surface area contributed by atoms with Crippen molar-refractivity contribution >= 4 is 51.2 Å². The molecule has 0 radical (unpaired) electrons. The van der Waals surface area contributed by atoms with Crippen molar-refractivity contribution < 1.29 is 23.8 Å². The molecule has 2 N–H and O–H groups in total. The summed E-state index contributed by atoms with van der Waals surface area (Å²) in [6.07, 6.45) is 2.19. The molecule has 11 heteroatoms. The van der Waals surface area contributed by atoms with E-state index < -0.39 is 11.6 Å². The number of anilines is 1. The predicted molar refractivity (Wildman–Crippen MR) is 168 cm³/mol. The Kier molecular flexibility index (Phi) is 10.8. The Morgan fingerprint density at radius 2 is 1.86 bits per heavy atom. The van der Waals surface area contributed by atoms with Crippen LogP contribution in [0.4, 0.5) is 5.82 Å². The number of aromatic nitrogens is 3. The minimum Gasteiger partial charge on any atom is -0.482 e. The summed E-state index contributed by atoms with van der Waals surface area (Å²) in [5.74, 6) is 1.11. The molecule has 230 valence electrons. The lowest BCUT2D eigenvalue weighted by Crippen LogP contribution is -2.32. The van der Waals surface area contributed by atoms with Gasteiger partial charge in [0.25, 0.3) is 0 Å². The van der Waals surface area contributed by atoms with Crippen LogP contribution in [0.3, 0.4) is 0 Å². The zero-order chi connectivity index (χ0) is 31.0. The topological polar surface area (TPSA) is 122 Å².